The van der Waals surface area contributed by atoms with Gasteiger partial charge in [-0.25, -0.2) is 9.78 Å². The van der Waals surface area contributed by atoms with Crippen molar-refractivity contribution in [1.29, 1.82) is 0 Å². The molecule has 0 radical (unpaired) electrons. The van der Waals surface area contributed by atoms with Crippen LogP contribution in [0.4, 0.5) is 10.5 Å². The van der Waals surface area contributed by atoms with Crippen molar-refractivity contribution in [2.75, 3.05) is 12.4 Å². The number of methoxy groups -OCH3 is 1. The number of ether oxygens (including phenoxy) is 1. The number of rotatable bonds is 3. The lowest BCUT2D eigenvalue weighted by molar-refractivity contribution is 0.209. The topological polar surface area (TPSA) is 76.4 Å². The highest BCUT2D eigenvalue weighted by Gasteiger charge is 2.07. The molecule has 0 atom stereocenters. The lowest BCUT2D eigenvalue weighted by Gasteiger charge is -2.10. The molecule has 2 N–H and O–H groups in total. The van der Waals surface area contributed by atoms with Gasteiger partial charge in [0, 0.05) is 24.1 Å². The zero-order valence-corrected chi connectivity index (χ0v) is 9.12. The summed E-state index contributed by atoms with van der Waals surface area (Å²) < 4.78 is 6.99. The molecule has 0 saturated carbocycles. The van der Waals surface area contributed by atoms with Crippen LogP contribution in [0.3, 0.4) is 0 Å². The van der Waals surface area contributed by atoms with E-state index in [1.165, 1.54) is 7.11 Å². The Bertz CT molecular complexity index is 523. The zero-order chi connectivity index (χ0) is 12.3. The summed E-state index contributed by atoms with van der Waals surface area (Å²) in [6.07, 6.45) is 3.97. The lowest BCUT2D eigenvalue weighted by Crippen LogP contribution is -2.07. The Balaban J connectivity index is 2.38. The zero-order valence-electron chi connectivity index (χ0n) is 9.12. The summed E-state index contributed by atoms with van der Waals surface area (Å²) in [7, 11) is 1.53. The van der Waals surface area contributed by atoms with Gasteiger partial charge in [0.05, 0.1) is 19.1 Å². The van der Waals surface area contributed by atoms with Crippen LogP contribution in [-0.2, 0) is 0 Å². The summed E-state index contributed by atoms with van der Waals surface area (Å²) in [5, 5.41) is 10.9. The number of imidazole rings is 1. The van der Waals surface area contributed by atoms with E-state index in [-0.39, 0.29) is 0 Å². The minimum Gasteiger partial charge on any atom is -0.494 e. The van der Waals surface area contributed by atoms with E-state index in [9.17, 15) is 4.79 Å². The second-order valence-corrected chi connectivity index (χ2v) is 3.29. The predicted molar refractivity (Wildman–Crippen MR) is 61.8 cm³/mol. The Morgan fingerprint density at radius 3 is 2.94 bits per heavy atom. The second-order valence-electron chi connectivity index (χ2n) is 3.29. The Kier molecular flexibility index (Phi) is 2.95. The van der Waals surface area contributed by atoms with E-state index >= 15 is 0 Å². The number of nitrogens with one attached hydrogen (secondary N) is 1. The number of nitrogens with zero attached hydrogens (tertiary/aromatic N) is 2. The van der Waals surface area contributed by atoms with Crippen LogP contribution in [0.2, 0.25) is 0 Å². The van der Waals surface area contributed by atoms with Crippen LogP contribution in [0.1, 0.15) is 0 Å². The molecule has 0 bridgehead atoms. The molecule has 0 aliphatic heterocycles. The molecule has 0 aliphatic rings. The molecule has 88 valence electrons. The fourth-order valence-corrected chi connectivity index (χ4v) is 1.49. The molecule has 0 aliphatic carbocycles. The molecule has 2 rings (SSSR count). The summed E-state index contributed by atoms with van der Waals surface area (Å²) in [6, 6.07) is 5.03. The third-order valence-corrected chi connectivity index (χ3v) is 2.21. The molecule has 1 heterocycles. The summed E-state index contributed by atoms with van der Waals surface area (Å²) >= 11 is 0. The van der Waals surface area contributed by atoms with E-state index in [2.05, 4.69) is 10.3 Å². The van der Waals surface area contributed by atoms with Crippen LogP contribution in [-0.4, -0.2) is 27.9 Å². The van der Waals surface area contributed by atoms with Crippen LogP contribution >= 0.6 is 0 Å². The van der Waals surface area contributed by atoms with Gasteiger partial charge in [0.1, 0.15) is 5.75 Å². The highest BCUT2D eigenvalue weighted by molar-refractivity contribution is 5.83. The van der Waals surface area contributed by atoms with Gasteiger partial charge in [-0.2, -0.15) is 0 Å². The van der Waals surface area contributed by atoms with Gasteiger partial charge in [0.2, 0.25) is 0 Å². The van der Waals surface area contributed by atoms with Crippen molar-refractivity contribution in [3.63, 3.8) is 0 Å². The van der Waals surface area contributed by atoms with Crippen LogP contribution in [0, 0.1) is 0 Å². The molecule has 1 amide bonds. The first kappa shape index (κ1) is 11.0. The molecule has 0 spiro atoms. The van der Waals surface area contributed by atoms with Gasteiger partial charge in [-0.1, -0.05) is 0 Å². The Hall–Kier alpha value is -2.50. The number of carbonyl (C=O) groups is 1. The molecule has 17 heavy (non-hydrogen) atoms. The fraction of sp³-hybridized carbons (Fsp3) is 0.0909. The van der Waals surface area contributed by atoms with Gasteiger partial charge in [0.15, 0.2) is 0 Å². The van der Waals surface area contributed by atoms with Crippen LogP contribution < -0.4 is 10.1 Å². The lowest BCUT2D eigenvalue weighted by atomic mass is 10.2. The summed E-state index contributed by atoms with van der Waals surface area (Å²) in [5.41, 5.74) is 1.25. The predicted octanol–water partition coefficient (Wildman–Crippen LogP) is 1.97. The average molecular weight is 233 g/mol. The number of aromatic nitrogens is 2. The molecule has 0 fully saturated rings. The first-order valence-corrected chi connectivity index (χ1v) is 4.87. The number of carboxylic acid groups (broad SMARTS) is 1. The average Bonchev–Trinajstić information content (AvgIpc) is 2.81. The Labute approximate surface area is 97.5 Å². The van der Waals surface area contributed by atoms with Gasteiger partial charge in [0.25, 0.3) is 0 Å². The van der Waals surface area contributed by atoms with E-state index in [0.717, 1.165) is 5.69 Å². The third-order valence-electron chi connectivity index (χ3n) is 2.21. The quantitative estimate of drug-likeness (QED) is 0.849. The normalized spacial score (nSPS) is 9.94. The molecule has 1 aromatic carbocycles. The summed E-state index contributed by atoms with van der Waals surface area (Å²) in [4.78, 5) is 14.5. The van der Waals surface area contributed by atoms with Crippen molar-refractivity contribution in [2.24, 2.45) is 0 Å². The van der Waals surface area contributed by atoms with Crippen LogP contribution in [0.25, 0.3) is 5.69 Å². The number of hydrogen-bond acceptors (Lipinski definition) is 3. The van der Waals surface area contributed by atoms with E-state index in [4.69, 9.17) is 9.84 Å². The highest BCUT2D eigenvalue weighted by Crippen LogP contribution is 2.26. The van der Waals surface area contributed by atoms with Crippen LogP contribution in [0.15, 0.2) is 36.9 Å². The third kappa shape index (κ3) is 2.36. The molecule has 1 aromatic heterocycles. The van der Waals surface area contributed by atoms with Crippen LogP contribution in [0.5, 0.6) is 5.75 Å². The number of anilines is 1. The summed E-state index contributed by atoms with van der Waals surface area (Å²) in [6.45, 7) is 0. The molecule has 0 unspecified atom stereocenters. The van der Waals surface area contributed by atoms with Crippen molar-refractivity contribution in [3.8, 4) is 11.4 Å². The fourth-order valence-electron chi connectivity index (χ4n) is 1.49. The Morgan fingerprint density at radius 1 is 1.53 bits per heavy atom. The SMILES string of the molecule is COc1cc(NC(=O)O)ccc1-n1ccnc1. The molecule has 2 aromatic rings. The molecular formula is C11H11N3O3. The van der Waals surface area contributed by atoms with Gasteiger partial charge < -0.3 is 14.4 Å². The largest absolute Gasteiger partial charge is 0.494 e. The van der Waals surface area contributed by atoms with Gasteiger partial charge in [-0.15, -0.1) is 0 Å². The molecular weight excluding hydrogens is 222 g/mol. The van der Waals surface area contributed by atoms with E-state index in [0.29, 0.717) is 11.4 Å². The van der Waals surface area contributed by atoms with Gasteiger partial charge >= 0.3 is 6.09 Å². The maximum absolute atomic E-state index is 10.5. The molecule has 0 saturated heterocycles. The second kappa shape index (κ2) is 4.56. The van der Waals surface area contributed by atoms with E-state index < -0.39 is 6.09 Å². The summed E-state index contributed by atoms with van der Waals surface area (Å²) in [5.74, 6) is 0.564. The number of benzene rings is 1. The number of hydrogen-bond donors (Lipinski definition) is 2. The minimum atomic E-state index is -1.11. The van der Waals surface area contributed by atoms with Gasteiger partial charge in [-0.3, -0.25) is 5.32 Å². The number of amides is 1. The van der Waals surface area contributed by atoms with Gasteiger partial charge in [-0.05, 0) is 12.1 Å². The van der Waals surface area contributed by atoms with Crippen molar-refractivity contribution >= 4 is 11.8 Å². The maximum Gasteiger partial charge on any atom is 0.409 e. The standard InChI is InChI=1S/C11H11N3O3/c1-17-10-6-8(13-11(15)16)2-3-9(10)14-5-4-12-7-14/h2-7,13H,1H3,(H,15,16). The monoisotopic (exact) mass is 233 g/mol. The highest BCUT2D eigenvalue weighted by atomic mass is 16.5. The minimum absolute atomic E-state index is 0.457. The first-order valence-electron chi connectivity index (χ1n) is 4.87. The van der Waals surface area contributed by atoms with Crippen molar-refractivity contribution in [2.45, 2.75) is 0 Å². The molecule has 6 nitrogen and oxygen atoms in total. The maximum atomic E-state index is 10.5. The Morgan fingerprint density at radius 2 is 2.35 bits per heavy atom. The first-order chi connectivity index (χ1) is 8.20. The van der Waals surface area contributed by atoms with E-state index in [1.54, 1.807) is 41.5 Å². The van der Waals surface area contributed by atoms with Crippen molar-refractivity contribution in [1.82, 2.24) is 9.55 Å². The van der Waals surface area contributed by atoms with Crippen molar-refractivity contribution in [3.05, 3.63) is 36.9 Å². The van der Waals surface area contributed by atoms with E-state index in [1.807, 2.05) is 0 Å². The smallest absolute Gasteiger partial charge is 0.409 e. The molecule has 6 heteroatoms. The van der Waals surface area contributed by atoms with Crippen molar-refractivity contribution < 1.29 is 14.6 Å².